The van der Waals surface area contributed by atoms with Crippen molar-refractivity contribution in [2.75, 3.05) is 0 Å². The molecule has 60 heavy (non-hydrogen) atoms. The predicted molar refractivity (Wildman–Crippen MR) is 252 cm³/mol. The normalized spacial score (nSPS) is 11.7. The maximum absolute atomic E-state index is 5.35. The summed E-state index contributed by atoms with van der Waals surface area (Å²) in [6.07, 6.45) is 0. The van der Waals surface area contributed by atoms with Gasteiger partial charge in [-0.2, -0.15) is 0 Å². The van der Waals surface area contributed by atoms with Crippen LogP contribution < -0.4 is 0 Å². The molecule has 0 aliphatic rings. The molecule has 0 aliphatic heterocycles. The van der Waals surface area contributed by atoms with Crippen molar-refractivity contribution in [1.82, 2.24) is 15.0 Å². The lowest BCUT2D eigenvalue weighted by molar-refractivity contribution is 1.23. The highest BCUT2D eigenvalue weighted by atomic mass is 14.9. The number of para-hydroxylation sites is 2. The van der Waals surface area contributed by atoms with E-state index >= 15 is 0 Å². The lowest BCUT2D eigenvalue weighted by Gasteiger charge is -2.16. The molecule has 2 heterocycles. The third kappa shape index (κ3) is 5.63. The van der Waals surface area contributed by atoms with Crippen molar-refractivity contribution in [2.24, 2.45) is 0 Å². The molecule has 0 N–H and O–H groups in total. The van der Waals surface area contributed by atoms with Crippen LogP contribution in [0.25, 0.3) is 121 Å². The second kappa shape index (κ2) is 13.8. The summed E-state index contributed by atoms with van der Waals surface area (Å²) in [5, 5.41) is 11.8. The Kier molecular flexibility index (Phi) is 7.85. The van der Waals surface area contributed by atoms with Gasteiger partial charge in [0.25, 0.3) is 0 Å². The molecule has 0 saturated heterocycles. The number of rotatable bonds is 5. The fraction of sp³-hybridized carbons (Fsp3) is 0. The minimum Gasteiger partial charge on any atom is -0.247 e. The van der Waals surface area contributed by atoms with Crippen LogP contribution in [0.15, 0.2) is 212 Å². The van der Waals surface area contributed by atoms with Crippen LogP contribution in [0.5, 0.6) is 0 Å². The van der Waals surface area contributed by atoms with E-state index in [2.05, 4.69) is 206 Å². The van der Waals surface area contributed by atoms with E-state index < -0.39 is 0 Å². The van der Waals surface area contributed by atoms with E-state index in [1.54, 1.807) is 0 Å². The maximum Gasteiger partial charge on any atom is 0.160 e. The Morgan fingerprint density at radius 2 is 0.850 bits per heavy atom. The number of hydrogen-bond donors (Lipinski definition) is 0. The molecular weight excluding hydrogens is 727 g/mol. The molecule has 0 aliphatic carbocycles. The largest absolute Gasteiger partial charge is 0.247 e. The van der Waals surface area contributed by atoms with Gasteiger partial charge in [0.1, 0.15) is 0 Å². The summed E-state index contributed by atoms with van der Waals surface area (Å²) < 4.78 is 0. The van der Waals surface area contributed by atoms with Gasteiger partial charge in [-0.25, -0.2) is 15.0 Å². The van der Waals surface area contributed by atoms with Crippen LogP contribution in [-0.2, 0) is 0 Å². The number of nitrogens with zero attached hydrogens (tertiary/aromatic N) is 3. The highest BCUT2D eigenvalue weighted by molar-refractivity contribution is 6.25. The van der Waals surface area contributed by atoms with Gasteiger partial charge in [-0.3, -0.25) is 0 Å². The average Bonchev–Trinajstić information content (AvgIpc) is 3.32. The zero-order valence-electron chi connectivity index (χ0n) is 32.5. The van der Waals surface area contributed by atoms with Gasteiger partial charge in [0.2, 0.25) is 0 Å². The van der Waals surface area contributed by atoms with Crippen LogP contribution >= 0.6 is 0 Å². The van der Waals surface area contributed by atoms with Gasteiger partial charge in [0, 0.05) is 38.2 Å². The van der Waals surface area contributed by atoms with E-state index in [0.717, 1.165) is 72.0 Å². The molecule has 0 spiro atoms. The minimum atomic E-state index is 0.709. The molecule has 0 fully saturated rings. The topological polar surface area (TPSA) is 38.7 Å². The smallest absolute Gasteiger partial charge is 0.160 e. The van der Waals surface area contributed by atoms with E-state index in [1.807, 2.05) is 6.07 Å². The maximum atomic E-state index is 5.35. The van der Waals surface area contributed by atoms with Gasteiger partial charge in [0.05, 0.1) is 22.4 Å². The molecule has 0 amide bonds. The monoisotopic (exact) mass is 761 g/mol. The molecule has 12 rings (SSSR count). The first-order chi connectivity index (χ1) is 29.7. The summed E-state index contributed by atoms with van der Waals surface area (Å²) in [5.41, 5.74) is 11.6. The first kappa shape index (κ1) is 34.1. The molecule has 0 atom stereocenters. The Morgan fingerprint density at radius 1 is 0.250 bits per heavy atom. The van der Waals surface area contributed by atoms with Crippen molar-refractivity contribution in [2.45, 2.75) is 0 Å². The fourth-order valence-corrected chi connectivity index (χ4v) is 9.13. The molecule has 0 bridgehead atoms. The number of aromatic nitrogens is 3. The van der Waals surface area contributed by atoms with Crippen molar-refractivity contribution < 1.29 is 0 Å². The Morgan fingerprint density at radius 3 is 1.68 bits per heavy atom. The van der Waals surface area contributed by atoms with Crippen molar-refractivity contribution in [3.05, 3.63) is 212 Å². The van der Waals surface area contributed by atoms with Crippen LogP contribution in [0.2, 0.25) is 0 Å². The molecule has 2 aromatic heterocycles. The molecule has 278 valence electrons. The average molecular weight is 762 g/mol. The molecule has 12 aromatic rings. The Balaban J connectivity index is 0.980. The van der Waals surface area contributed by atoms with Crippen LogP contribution in [0.1, 0.15) is 0 Å². The second-order valence-electron chi connectivity index (χ2n) is 15.5. The summed E-state index contributed by atoms with van der Waals surface area (Å²) in [6.45, 7) is 0. The third-order valence-electron chi connectivity index (χ3n) is 12.0. The number of benzene rings is 10. The van der Waals surface area contributed by atoms with Gasteiger partial charge in [-0.15, -0.1) is 0 Å². The Labute approximate surface area is 346 Å². The van der Waals surface area contributed by atoms with Gasteiger partial charge in [-0.05, 0) is 84.9 Å². The summed E-state index contributed by atoms with van der Waals surface area (Å²) >= 11 is 0. The first-order valence-corrected chi connectivity index (χ1v) is 20.4. The first-order valence-electron chi connectivity index (χ1n) is 20.4. The Bertz CT molecular complexity index is 3660. The molecule has 3 heteroatoms. The van der Waals surface area contributed by atoms with Gasteiger partial charge in [0.15, 0.2) is 5.82 Å². The van der Waals surface area contributed by atoms with E-state index in [-0.39, 0.29) is 0 Å². The highest BCUT2D eigenvalue weighted by Crippen LogP contribution is 2.43. The second-order valence-corrected chi connectivity index (χ2v) is 15.5. The highest BCUT2D eigenvalue weighted by Gasteiger charge is 2.18. The third-order valence-corrected chi connectivity index (χ3v) is 12.0. The standard InChI is InChI=1S/C57H35N3/c1-2-15-40-33-42(32-29-36(40)13-1)55-51-35-50(45-20-5-6-21-46(45)54(51)48-22-7-9-25-52(48)58-55)39-30-27-37(28-31-39)41-17-11-18-43(34-41)57-59-53-26-10-8-23-49(53)56(60-57)47-24-12-16-38-14-3-4-19-44(38)47/h1-35H. The molecule has 0 radical (unpaired) electrons. The summed E-state index contributed by atoms with van der Waals surface area (Å²) in [4.78, 5) is 15.7. The van der Waals surface area contributed by atoms with Crippen LogP contribution in [0, 0.1) is 0 Å². The van der Waals surface area contributed by atoms with Gasteiger partial charge >= 0.3 is 0 Å². The van der Waals surface area contributed by atoms with E-state index in [0.29, 0.717) is 5.82 Å². The zero-order valence-corrected chi connectivity index (χ0v) is 32.5. The lowest BCUT2D eigenvalue weighted by Crippen LogP contribution is -1.96. The number of fused-ring (bicyclic) bond motifs is 8. The Hall–Kier alpha value is -8.01. The van der Waals surface area contributed by atoms with Crippen LogP contribution in [0.4, 0.5) is 0 Å². The van der Waals surface area contributed by atoms with Gasteiger partial charge < -0.3 is 0 Å². The predicted octanol–water partition coefficient (Wildman–Crippen LogP) is 15.1. The van der Waals surface area contributed by atoms with Crippen LogP contribution in [0.3, 0.4) is 0 Å². The fourth-order valence-electron chi connectivity index (χ4n) is 9.13. The molecule has 0 saturated carbocycles. The SMILES string of the molecule is c1cc(-c2ccc(-c3cc4c(-c5ccc6ccccc6c5)nc5ccccc5c4c4ccccc34)cc2)cc(-c2nc(-c3cccc4ccccc34)c3ccccc3n2)c1. The minimum absolute atomic E-state index is 0.709. The summed E-state index contributed by atoms with van der Waals surface area (Å²) in [5.74, 6) is 0.709. The number of pyridine rings is 1. The summed E-state index contributed by atoms with van der Waals surface area (Å²) in [7, 11) is 0. The molecule has 0 unspecified atom stereocenters. The zero-order chi connectivity index (χ0) is 39.6. The summed E-state index contributed by atoms with van der Waals surface area (Å²) in [6, 6.07) is 75.8. The number of hydrogen-bond acceptors (Lipinski definition) is 3. The van der Waals surface area contributed by atoms with E-state index in [4.69, 9.17) is 15.0 Å². The van der Waals surface area contributed by atoms with Gasteiger partial charge in [-0.1, -0.05) is 182 Å². The quantitative estimate of drug-likeness (QED) is 0.164. The van der Waals surface area contributed by atoms with Crippen LogP contribution in [-0.4, -0.2) is 15.0 Å². The van der Waals surface area contributed by atoms with Crippen molar-refractivity contribution >= 4 is 64.9 Å². The van der Waals surface area contributed by atoms with E-state index in [9.17, 15) is 0 Å². The molecule has 3 nitrogen and oxygen atoms in total. The van der Waals surface area contributed by atoms with Crippen molar-refractivity contribution in [3.63, 3.8) is 0 Å². The molecular formula is C57H35N3. The van der Waals surface area contributed by atoms with E-state index in [1.165, 1.54) is 43.3 Å². The van der Waals surface area contributed by atoms with Crippen molar-refractivity contribution in [3.8, 4) is 56.2 Å². The van der Waals surface area contributed by atoms with Crippen molar-refractivity contribution in [1.29, 1.82) is 0 Å². The lowest BCUT2D eigenvalue weighted by atomic mass is 9.89. The molecule has 10 aromatic carbocycles.